The summed E-state index contributed by atoms with van der Waals surface area (Å²) in [5.74, 6) is -7.52. The molecule has 580 valence electrons. The van der Waals surface area contributed by atoms with E-state index >= 15 is 0 Å². The molecule has 0 bridgehead atoms. The van der Waals surface area contributed by atoms with Gasteiger partial charge in [0.15, 0.2) is 0 Å². The number of carbonyl (C=O) groups is 11. The summed E-state index contributed by atoms with van der Waals surface area (Å²) in [4.78, 5) is 147. The number of thiophene rings is 3. The minimum Gasteiger partial charge on any atom is -0.480 e. The summed E-state index contributed by atoms with van der Waals surface area (Å²) in [5, 5.41) is 51.1. The van der Waals surface area contributed by atoms with Crippen molar-refractivity contribution in [2.45, 2.75) is 76.9 Å². The van der Waals surface area contributed by atoms with Gasteiger partial charge in [0.1, 0.15) is 18.1 Å². The smallest absolute Gasteiger partial charge is 0.328 e. The SMILES string of the molecule is Cc1cc2c(c(Cl)c1C(=O)N[C@@H](CNC(=O)c1cccs1)C(=O)O)CCN(Cc1ccccc1)C2.O=C(NC[C@H](NC(=O)c1c(Cl)cc2c(c1Cl)CCN(C(=O)Cc1cccc(Cl)c1)C2)C(=O)O)c1cccs1.O=C(NC[C@H](NC(=O)c1c(Cl)cc2c(c1Cl)CCN(C(=O)c1ccc3cc[nH]c3c1)C2)C(=O)O)c1cccs1. The second kappa shape index (κ2) is 37.9. The van der Waals surface area contributed by atoms with Crippen molar-refractivity contribution in [2.75, 3.05) is 39.3 Å². The summed E-state index contributed by atoms with van der Waals surface area (Å²) in [7, 11) is 0. The molecule has 6 aromatic carbocycles. The van der Waals surface area contributed by atoms with Gasteiger partial charge in [-0.05, 0) is 158 Å². The summed E-state index contributed by atoms with van der Waals surface area (Å²) in [6.45, 7) is 4.54. The lowest BCUT2D eigenvalue weighted by molar-refractivity contribution is -0.140. The predicted octanol–water partition coefficient (Wildman–Crippen LogP) is 12.7. The Bertz CT molecular complexity index is 5240. The van der Waals surface area contributed by atoms with E-state index in [0.717, 1.165) is 47.2 Å². The third-order valence-corrected chi connectivity index (χ3v) is 23.3. The van der Waals surface area contributed by atoms with Gasteiger partial charge >= 0.3 is 17.9 Å². The maximum Gasteiger partial charge on any atom is 0.328 e. The standard InChI is InChI=1S/C27H22Cl2N4O5S.C26H22Cl3N3O5S.C26H26ClN3O4S/c28-18-10-16-13-33(26(36)15-4-3-14-5-7-30-19(14)11-15)8-6-17(16)23(29)22(18)25(35)32-20(27(37)38)12-31-24(34)21-2-1-9-39-21;27-16-4-1-3-14(9-16)10-21(33)32-7-6-17-15(13-32)11-18(28)22(23(17)29)25(35)31-19(26(36)37)12-30-24(34)20-5-2-8-38-20;1-16-12-18-15-30(14-17-6-3-2-4-7-17)10-9-19(18)23(27)22(16)25(32)29-20(26(33)34)13-28-24(31)21-8-5-11-35-21/h1-5,7,9-11,20,30H,6,8,12-13H2,(H,31,34)(H,32,35)(H,37,38);1-5,8-9,11,19H,6-7,10,12-13H2,(H,30,34)(H,31,35)(H,36,37);2-8,11-12,20H,9-10,13-15H2,1H3,(H,28,31)(H,29,32)(H,33,34)/t20-;19-;20-/m000/s1. The summed E-state index contributed by atoms with van der Waals surface area (Å²) in [6.07, 6.45) is 3.49. The minimum absolute atomic E-state index is 0.0298. The van der Waals surface area contributed by atoms with Crippen molar-refractivity contribution in [1.29, 1.82) is 0 Å². The Labute approximate surface area is 683 Å². The van der Waals surface area contributed by atoms with Crippen LogP contribution < -0.4 is 31.9 Å². The molecule has 0 unspecified atom stereocenters. The van der Waals surface area contributed by atoms with E-state index in [1.807, 2.05) is 54.7 Å². The molecule has 7 heterocycles. The monoisotopic (exact) mass is 1690 g/mol. The Kier molecular flexibility index (Phi) is 28.0. The number of fused-ring (bicyclic) bond motifs is 4. The zero-order valence-corrected chi connectivity index (χ0v) is 66.3. The van der Waals surface area contributed by atoms with Gasteiger partial charge in [0, 0.05) is 87.7 Å². The van der Waals surface area contributed by atoms with Gasteiger partial charge in [0.05, 0.1) is 62.9 Å². The molecule has 112 heavy (non-hydrogen) atoms. The van der Waals surface area contributed by atoms with E-state index in [4.69, 9.17) is 69.6 Å². The first-order chi connectivity index (χ1) is 53.7. The molecule has 0 fully saturated rings. The van der Waals surface area contributed by atoms with E-state index < -0.39 is 65.6 Å². The Morgan fingerprint density at radius 1 is 0.464 bits per heavy atom. The van der Waals surface area contributed by atoms with Crippen molar-refractivity contribution in [3.63, 3.8) is 0 Å². The van der Waals surface area contributed by atoms with Crippen LogP contribution in [0.15, 0.2) is 156 Å². The summed E-state index contributed by atoms with van der Waals surface area (Å²) in [6, 6.07) is 35.8. The zero-order chi connectivity index (χ0) is 80.0. The summed E-state index contributed by atoms with van der Waals surface area (Å²) >= 11 is 42.4. The Balaban J connectivity index is 0.000000166. The largest absolute Gasteiger partial charge is 0.480 e. The Morgan fingerprint density at radius 2 is 0.920 bits per heavy atom. The van der Waals surface area contributed by atoms with Gasteiger partial charge in [-0.15, -0.1) is 34.0 Å². The second-order valence-electron chi connectivity index (χ2n) is 26.1. The van der Waals surface area contributed by atoms with Crippen LogP contribution in [0.3, 0.4) is 0 Å². The molecule has 0 aliphatic carbocycles. The molecule has 0 spiro atoms. The number of amides is 8. The first-order valence-electron chi connectivity index (χ1n) is 34.7. The van der Waals surface area contributed by atoms with Crippen LogP contribution in [0.5, 0.6) is 0 Å². The number of benzene rings is 6. The second-order valence-corrected chi connectivity index (χ2v) is 31.3. The molecule has 3 aliphatic rings. The van der Waals surface area contributed by atoms with Crippen LogP contribution in [0.25, 0.3) is 10.9 Å². The molecule has 4 aromatic heterocycles. The number of rotatable bonds is 23. The van der Waals surface area contributed by atoms with Crippen molar-refractivity contribution in [3.8, 4) is 0 Å². The average molecular weight is 1690 g/mol. The predicted molar refractivity (Wildman–Crippen MR) is 431 cm³/mol. The van der Waals surface area contributed by atoms with Crippen LogP contribution in [0.2, 0.25) is 30.1 Å². The van der Waals surface area contributed by atoms with Crippen LogP contribution in [0.4, 0.5) is 0 Å². The van der Waals surface area contributed by atoms with Crippen LogP contribution >= 0.6 is 104 Å². The highest BCUT2D eigenvalue weighted by atomic mass is 35.5. The minimum atomic E-state index is -1.41. The van der Waals surface area contributed by atoms with Gasteiger partial charge in [-0.2, -0.15) is 0 Å². The maximum atomic E-state index is 13.2. The maximum absolute atomic E-state index is 13.2. The molecular formula is C79H70Cl6N10O14S3. The van der Waals surface area contributed by atoms with Crippen molar-refractivity contribution >= 4 is 180 Å². The molecular weight excluding hydrogens is 1620 g/mol. The first kappa shape index (κ1) is 82.8. The van der Waals surface area contributed by atoms with Crippen LogP contribution in [0, 0.1) is 6.92 Å². The van der Waals surface area contributed by atoms with E-state index in [-0.39, 0.29) is 93.6 Å². The number of aliphatic carboxylic acids is 3. The van der Waals surface area contributed by atoms with E-state index in [1.54, 1.807) is 106 Å². The van der Waals surface area contributed by atoms with Crippen LogP contribution in [0.1, 0.15) is 121 Å². The Hall–Kier alpha value is -10.2. The summed E-state index contributed by atoms with van der Waals surface area (Å²) in [5.41, 5.74) is 9.06. The zero-order valence-electron chi connectivity index (χ0n) is 59.3. The Morgan fingerprint density at radius 3 is 1.40 bits per heavy atom. The van der Waals surface area contributed by atoms with Crippen molar-refractivity contribution in [1.82, 2.24) is 51.6 Å². The van der Waals surface area contributed by atoms with Crippen molar-refractivity contribution in [3.05, 3.63) is 273 Å². The van der Waals surface area contributed by atoms with Gasteiger partial charge in [-0.3, -0.25) is 43.3 Å². The highest BCUT2D eigenvalue weighted by Gasteiger charge is 2.34. The number of carboxylic acid groups (broad SMARTS) is 3. The highest BCUT2D eigenvalue weighted by Crippen LogP contribution is 2.38. The number of nitrogens with zero attached hydrogens (tertiary/aromatic N) is 3. The van der Waals surface area contributed by atoms with Gasteiger partial charge in [0.25, 0.3) is 41.4 Å². The number of nitrogens with one attached hydrogen (secondary N) is 7. The molecule has 8 amide bonds. The lowest BCUT2D eigenvalue weighted by atomic mass is 9.93. The number of aryl methyl sites for hydroxylation is 1. The number of aromatic nitrogens is 1. The van der Waals surface area contributed by atoms with E-state index in [0.29, 0.717) is 90.4 Å². The van der Waals surface area contributed by atoms with Crippen molar-refractivity contribution in [2.24, 2.45) is 0 Å². The average Bonchev–Trinajstić information content (AvgIpc) is 1.30. The quantitative estimate of drug-likeness (QED) is 0.0284. The fraction of sp³-hybridized carbons (Fsp3) is 0.228. The molecule has 0 saturated carbocycles. The topological polar surface area (TPSA) is 346 Å². The third-order valence-electron chi connectivity index (χ3n) is 18.6. The number of carbonyl (C=O) groups excluding carboxylic acids is 8. The number of carboxylic acids is 3. The lowest BCUT2D eigenvalue weighted by Gasteiger charge is -2.30. The molecule has 3 atom stereocenters. The summed E-state index contributed by atoms with van der Waals surface area (Å²) < 4.78 is 0. The normalized spacial score (nSPS) is 13.7. The van der Waals surface area contributed by atoms with E-state index in [1.165, 1.54) is 39.6 Å². The lowest BCUT2D eigenvalue weighted by Crippen LogP contribution is -2.48. The van der Waals surface area contributed by atoms with Gasteiger partial charge in [-0.1, -0.05) is 142 Å². The van der Waals surface area contributed by atoms with Crippen LogP contribution in [-0.4, -0.2) is 158 Å². The first-order valence-corrected chi connectivity index (χ1v) is 39.6. The molecule has 24 nitrogen and oxygen atoms in total. The number of hydrogen-bond donors (Lipinski definition) is 10. The van der Waals surface area contributed by atoms with Crippen molar-refractivity contribution < 1.29 is 68.1 Å². The third kappa shape index (κ3) is 20.5. The van der Waals surface area contributed by atoms with E-state index in [9.17, 15) is 68.1 Å². The molecule has 10 N–H and O–H groups in total. The van der Waals surface area contributed by atoms with Gasteiger partial charge in [0.2, 0.25) is 5.91 Å². The number of H-pyrrole nitrogens is 1. The fourth-order valence-corrected chi connectivity index (χ4v) is 17.0. The van der Waals surface area contributed by atoms with Crippen LogP contribution in [-0.2, 0) is 71.0 Å². The molecule has 3 aliphatic heterocycles. The van der Waals surface area contributed by atoms with Gasteiger partial charge < -0.3 is 62.0 Å². The molecule has 0 saturated heterocycles. The highest BCUT2D eigenvalue weighted by molar-refractivity contribution is 7.12. The number of hydrogen-bond acceptors (Lipinski definition) is 15. The number of aromatic amines is 1. The van der Waals surface area contributed by atoms with E-state index in [2.05, 4.69) is 53.9 Å². The van der Waals surface area contributed by atoms with Gasteiger partial charge in [-0.25, -0.2) is 14.4 Å². The molecule has 0 radical (unpaired) electrons. The molecule has 13 rings (SSSR count). The number of halogens is 6. The molecule has 10 aromatic rings. The molecule has 33 heteroatoms. The fourth-order valence-electron chi connectivity index (χ4n) is 12.9.